The number of likely N-dealkylation sites (tertiary alicyclic amines) is 1. The van der Waals surface area contributed by atoms with E-state index in [0.29, 0.717) is 29.9 Å². The molecule has 0 radical (unpaired) electrons. The van der Waals surface area contributed by atoms with Gasteiger partial charge >= 0.3 is 0 Å². The second kappa shape index (κ2) is 9.07. The van der Waals surface area contributed by atoms with Crippen LogP contribution in [0.25, 0.3) is 0 Å². The maximum absolute atomic E-state index is 13.2. The second-order valence-electron chi connectivity index (χ2n) is 6.98. The highest BCUT2D eigenvalue weighted by molar-refractivity contribution is 5.63. The summed E-state index contributed by atoms with van der Waals surface area (Å²) < 4.78 is 26.4. The van der Waals surface area contributed by atoms with Gasteiger partial charge < -0.3 is 10.4 Å². The Bertz CT molecular complexity index is 832. The summed E-state index contributed by atoms with van der Waals surface area (Å²) in [7, 11) is 0. The van der Waals surface area contributed by atoms with Gasteiger partial charge in [0.2, 0.25) is 0 Å². The number of rotatable bonds is 7. The zero-order chi connectivity index (χ0) is 20.1. The molecule has 1 aliphatic rings. The molecular formula is C20H23F2N3O3. The molecule has 0 saturated carbocycles. The number of aliphatic hydroxyl groups is 1. The van der Waals surface area contributed by atoms with E-state index in [1.54, 1.807) is 30.3 Å². The van der Waals surface area contributed by atoms with Crippen LogP contribution in [0.3, 0.4) is 0 Å². The number of anilines is 1. The number of nitrogens with zero attached hydrogens (tertiary/aromatic N) is 2. The van der Waals surface area contributed by atoms with E-state index in [2.05, 4.69) is 10.2 Å². The molecule has 2 aromatic rings. The van der Waals surface area contributed by atoms with Gasteiger partial charge in [0, 0.05) is 30.8 Å². The lowest BCUT2D eigenvalue weighted by atomic mass is 10.0. The predicted molar refractivity (Wildman–Crippen MR) is 102 cm³/mol. The van der Waals surface area contributed by atoms with Crippen LogP contribution in [0, 0.1) is 10.1 Å². The average molecular weight is 391 g/mol. The molecule has 0 aliphatic carbocycles. The van der Waals surface area contributed by atoms with E-state index >= 15 is 0 Å². The number of hydrogen-bond donors (Lipinski definition) is 2. The molecule has 1 aliphatic heterocycles. The summed E-state index contributed by atoms with van der Waals surface area (Å²) in [5.74, 6) is 0. The number of piperidine rings is 1. The van der Waals surface area contributed by atoms with Crippen molar-refractivity contribution in [2.24, 2.45) is 0 Å². The van der Waals surface area contributed by atoms with Crippen LogP contribution in [0.2, 0.25) is 0 Å². The quantitative estimate of drug-likeness (QED) is 0.549. The van der Waals surface area contributed by atoms with Gasteiger partial charge in [0.15, 0.2) is 0 Å². The Morgan fingerprint density at radius 3 is 2.79 bits per heavy atom. The lowest BCUT2D eigenvalue weighted by Crippen LogP contribution is -2.41. The third-order valence-corrected chi connectivity index (χ3v) is 4.99. The Hall–Kier alpha value is -2.58. The molecule has 0 amide bonds. The van der Waals surface area contributed by atoms with E-state index in [-0.39, 0.29) is 23.9 Å². The van der Waals surface area contributed by atoms with E-state index in [1.165, 1.54) is 12.1 Å². The van der Waals surface area contributed by atoms with E-state index in [1.807, 2.05) is 0 Å². The molecule has 1 fully saturated rings. The fourth-order valence-electron chi connectivity index (χ4n) is 3.62. The fourth-order valence-corrected chi connectivity index (χ4v) is 3.62. The summed E-state index contributed by atoms with van der Waals surface area (Å²) >= 11 is 0. The highest BCUT2D eigenvalue weighted by atomic mass is 19.3. The summed E-state index contributed by atoms with van der Waals surface area (Å²) in [5, 5.41) is 23.8. The lowest BCUT2D eigenvalue weighted by Gasteiger charge is -2.34. The third-order valence-electron chi connectivity index (χ3n) is 4.99. The minimum absolute atomic E-state index is 0.0221. The largest absolute Gasteiger partial charge is 0.392 e. The first kappa shape index (κ1) is 20.2. The molecule has 2 N–H and O–H groups in total. The first-order valence-corrected chi connectivity index (χ1v) is 9.21. The van der Waals surface area contributed by atoms with Gasteiger partial charge in [-0.05, 0) is 36.6 Å². The molecule has 150 valence electrons. The number of benzene rings is 2. The van der Waals surface area contributed by atoms with Crippen molar-refractivity contribution >= 4 is 11.4 Å². The number of nitro benzene ring substituents is 1. The van der Waals surface area contributed by atoms with Crippen molar-refractivity contribution in [3.05, 3.63) is 69.3 Å². The highest BCUT2D eigenvalue weighted by Crippen LogP contribution is 2.29. The monoisotopic (exact) mass is 391 g/mol. The summed E-state index contributed by atoms with van der Waals surface area (Å²) in [6, 6.07) is 11.1. The van der Waals surface area contributed by atoms with Crippen LogP contribution in [-0.2, 0) is 13.2 Å². The predicted octanol–water partition coefficient (Wildman–Crippen LogP) is 4.10. The Labute approximate surface area is 161 Å². The number of alkyl halides is 2. The summed E-state index contributed by atoms with van der Waals surface area (Å²) in [6.45, 7) is 1.56. The maximum Gasteiger partial charge on any atom is 0.292 e. The van der Waals surface area contributed by atoms with Crippen LogP contribution in [-0.4, -0.2) is 34.1 Å². The van der Waals surface area contributed by atoms with Gasteiger partial charge in [-0.2, -0.15) is 0 Å². The summed E-state index contributed by atoms with van der Waals surface area (Å²) in [5.41, 5.74) is 1.46. The van der Waals surface area contributed by atoms with Gasteiger partial charge in [0.1, 0.15) is 5.69 Å². The molecule has 2 aromatic carbocycles. The molecule has 0 aromatic heterocycles. The Kier molecular flexibility index (Phi) is 6.53. The standard InChI is InChI=1S/C20H23F2N3O3/c21-20(22)17-6-2-1-4-15(17)11-24-9-3-5-16(12-24)23-18-8-7-14(13-26)10-19(18)25(27)28/h1-2,4,6-8,10,16,20,23,26H,3,5,9,11-13H2. The van der Waals surface area contributed by atoms with Crippen LogP contribution in [0.1, 0.15) is 36.0 Å². The van der Waals surface area contributed by atoms with Crippen LogP contribution in [0.4, 0.5) is 20.2 Å². The fraction of sp³-hybridized carbons (Fsp3) is 0.400. The van der Waals surface area contributed by atoms with Crippen molar-refractivity contribution in [2.45, 2.75) is 38.5 Å². The SMILES string of the molecule is O=[N+]([O-])c1cc(CO)ccc1NC1CCCN(Cc2ccccc2C(F)F)C1. The molecule has 3 rings (SSSR count). The molecule has 1 saturated heterocycles. The summed E-state index contributed by atoms with van der Waals surface area (Å²) in [6.07, 6.45) is -0.800. The minimum Gasteiger partial charge on any atom is -0.392 e. The summed E-state index contributed by atoms with van der Waals surface area (Å²) in [4.78, 5) is 13.0. The number of aliphatic hydroxyl groups excluding tert-OH is 1. The van der Waals surface area contributed by atoms with Crippen LogP contribution in [0.5, 0.6) is 0 Å². The van der Waals surface area contributed by atoms with Crippen molar-refractivity contribution in [3.63, 3.8) is 0 Å². The zero-order valence-electron chi connectivity index (χ0n) is 15.4. The van der Waals surface area contributed by atoms with E-state index in [4.69, 9.17) is 0 Å². The first-order chi connectivity index (χ1) is 13.5. The van der Waals surface area contributed by atoms with Crippen molar-refractivity contribution in [1.29, 1.82) is 0 Å². The maximum atomic E-state index is 13.2. The Balaban J connectivity index is 1.70. The zero-order valence-corrected chi connectivity index (χ0v) is 15.4. The number of nitrogens with one attached hydrogen (secondary N) is 1. The van der Waals surface area contributed by atoms with E-state index in [9.17, 15) is 24.0 Å². The molecule has 1 atom stereocenters. The lowest BCUT2D eigenvalue weighted by molar-refractivity contribution is -0.384. The van der Waals surface area contributed by atoms with Gasteiger partial charge in [-0.25, -0.2) is 8.78 Å². The van der Waals surface area contributed by atoms with Crippen molar-refractivity contribution in [2.75, 3.05) is 18.4 Å². The average Bonchev–Trinajstić information content (AvgIpc) is 2.68. The first-order valence-electron chi connectivity index (χ1n) is 9.21. The highest BCUT2D eigenvalue weighted by Gasteiger charge is 2.24. The van der Waals surface area contributed by atoms with Crippen molar-refractivity contribution < 1.29 is 18.8 Å². The molecule has 28 heavy (non-hydrogen) atoms. The number of halogens is 2. The van der Waals surface area contributed by atoms with Gasteiger partial charge in [0.25, 0.3) is 12.1 Å². The molecule has 1 heterocycles. The van der Waals surface area contributed by atoms with Crippen LogP contribution < -0.4 is 5.32 Å². The molecule has 8 heteroatoms. The van der Waals surface area contributed by atoms with Crippen LogP contribution in [0.15, 0.2) is 42.5 Å². The van der Waals surface area contributed by atoms with Gasteiger partial charge in [-0.1, -0.05) is 30.3 Å². The van der Waals surface area contributed by atoms with Gasteiger partial charge in [-0.3, -0.25) is 15.0 Å². The number of hydrogen-bond acceptors (Lipinski definition) is 5. The molecule has 0 spiro atoms. The minimum atomic E-state index is -2.51. The third kappa shape index (κ3) is 4.82. The van der Waals surface area contributed by atoms with E-state index < -0.39 is 11.3 Å². The topological polar surface area (TPSA) is 78.6 Å². The number of nitro groups is 1. The second-order valence-corrected chi connectivity index (χ2v) is 6.98. The Morgan fingerprint density at radius 1 is 1.29 bits per heavy atom. The van der Waals surface area contributed by atoms with Crippen LogP contribution >= 0.6 is 0 Å². The molecule has 0 bridgehead atoms. The van der Waals surface area contributed by atoms with Crippen molar-refractivity contribution in [1.82, 2.24) is 4.90 Å². The normalized spacial score (nSPS) is 17.6. The molecule has 1 unspecified atom stereocenters. The van der Waals surface area contributed by atoms with Gasteiger partial charge in [0.05, 0.1) is 11.5 Å². The van der Waals surface area contributed by atoms with Gasteiger partial charge in [-0.15, -0.1) is 0 Å². The van der Waals surface area contributed by atoms with Crippen molar-refractivity contribution in [3.8, 4) is 0 Å². The van der Waals surface area contributed by atoms with E-state index in [0.717, 1.165) is 19.4 Å². The Morgan fingerprint density at radius 2 is 2.07 bits per heavy atom. The molecular weight excluding hydrogens is 368 g/mol. The smallest absolute Gasteiger partial charge is 0.292 e. The molecule has 6 nitrogen and oxygen atoms in total.